The lowest BCUT2D eigenvalue weighted by Crippen LogP contribution is -1.89. The van der Waals surface area contributed by atoms with E-state index >= 15 is 0 Å². The molecule has 20 heavy (non-hydrogen) atoms. The lowest BCUT2D eigenvalue weighted by molar-refractivity contribution is -0.131. The Labute approximate surface area is 121 Å². The van der Waals surface area contributed by atoms with Crippen LogP contribution in [0.5, 0.6) is 0 Å². The Balaban J connectivity index is 2.09. The molecule has 102 valence electrons. The second-order valence-corrected chi connectivity index (χ2v) is 5.16. The van der Waals surface area contributed by atoms with Gasteiger partial charge in [0.1, 0.15) is 5.82 Å². The monoisotopic (exact) mass is 288 g/mol. The van der Waals surface area contributed by atoms with Crippen molar-refractivity contribution in [1.29, 1.82) is 0 Å². The van der Waals surface area contributed by atoms with Crippen molar-refractivity contribution in [3.63, 3.8) is 0 Å². The van der Waals surface area contributed by atoms with Crippen LogP contribution in [-0.2, 0) is 10.5 Å². The summed E-state index contributed by atoms with van der Waals surface area (Å²) in [6, 6.07) is 13.9. The molecule has 0 fully saturated rings. The summed E-state index contributed by atoms with van der Waals surface area (Å²) in [5.74, 6) is -0.517. The van der Waals surface area contributed by atoms with Crippen LogP contribution in [-0.4, -0.2) is 11.1 Å². The number of carboxylic acids is 1. The van der Waals surface area contributed by atoms with Gasteiger partial charge in [0, 0.05) is 16.7 Å². The van der Waals surface area contributed by atoms with Crippen molar-refractivity contribution in [2.45, 2.75) is 10.6 Å². The van der Waals surface area contributed by atoms with E-state index < -0.39 is 5.97 Å². The average Bonchev–Trinajstić information content (AvgIpc) is 2.45. The van der Waals surface area contributed by atoms with E-state index in [0.717, 1.165) is 22.1 Å². The Bertz CT molecular complexity index is 621. The molecule has 0 spiro atoms. The number of carbonyl (C=O) groups is 1. The minimum absolute atomic E-state index is 0.251. The van der Waals surface area contributed by atoms with Crippen LogP contribution in [0.1, 0.15) is 11.1 Å². The van der Waals surface area contributed by atoms with Crippen molar-refractivity contribution in [3.8, 4) is 0 Å². The van der Waals surface area contributed by atoms with Gasteiger partial charge in [0.15, 0.2) is 0 Å². The molecule has 0 aliphatic rings. The smallest absolute Gasteiger partial charge is 0.328 e. The second kappa shape index (κ2) is 6.91. The molecule has 0 atom stereocenters. The summed E-state index contributed by atoms with van der Waals surface area (Å²) in [7, 11) is 0. The number of benzene rings is 2. The van der Waals surface area contributed by atoms with Crippen molar-refractivity contribution in [2.24, 2.45) is 0 Å². The minimum Gasteiger partial charge on any atom is -0.478 e. The molecular formula is C16H13FO2S. The lowest BCUT2D eigenvalue weighted by atomic mass is 10.1. The van der Waals surface area contributed by atoms with Crippen molar-refractivity contribution in [3.05, 3.63) is 71.6 Å². The first-order valence-electron chi connectivity index (χ1n) is 6.02. The molecule has 0 radical (unpaired) electrons. The molecule has 2 rings (SSSR count). The number of thioether (sulfide) groups is 1. The van der Waals surface area contributed by atoms with Crippen LogP contribution in [0, 0.1) is 5.82 Å². The van der Waals surface area contributed by atoms with Gasteiger partial charge < -0.3 is 5.11 Å². The fraction of sp³-hybridized carbons (Fsp3) is 0.0625. The third-order valence-electron chi connectivity index (χ3n) is 2.67. The number of halogens is 1. The van der Waals surface area contributed by atoms with E-state index in [1.807, 2.05) is 24.3 Å². The van der Waals surface area contributed by atoms with Gasteiger partial charge in [-0.2, -0.15) is 0 Å². The molecule has 0 amide bonds. The molecule has 2 aromatic carbocycles. The molecule has 2 nitrogen and oxygen atoms in total. The van der Waals surface area contributed by atoms with Crippen LogP contribution in [0.15, 0.2) is 59.5 Å². The summed E-state index contributed by atoms with van der Waals surface area (Å²) in [4.78, 5) is 11.5. The largest absolute Gasteiger partial charge is 0.478 e. The average molecular weight is 288 g/mol. The summed E-state index contributed by atoms with van der Waals surface area (Å²) in [5.41, 5.74) is 1.92. The van der Waals surface area contributed by atoms with Crippen molar-refractivity contribution in [2.75, 3.05) is 0 Å². The first-order valence-corrected chi connectivity index (χ1v) is 7.01. The minimum atomic E-state index is -0.967. The van der Waals surface area contributed by atoms with Crippen LogP contribution in [0.25, 0.3) is 6.08 Å². The van der Waals surface area contributed by atoms with Gasteiger partial charge in [-0.15, -0.1) is 11.8 Å². The van der Waals surface area contributed by atoms with Gasteiger partial charge in [-0.3, -0.25) is 0 Å². The molecule has 0 saturated carbocycles. The maximum absolute atomic E-state index is 12.8. The van der Waals surface area contributed by atoms with Crippen LogP contribution in [0.3, 0.4) is 0 Å². The molecule has 4 heteroatoms. The van der Waals surface area contributed by atoms with Crippen molar-refractivity contribution >= 4 is 23.8 Å². The Morgan fingerprint density at radius 1 is 1.15 bits per heavy atom. The van der Waals surface area contributed by atoms with E-state index in [-0.39, 0.29) is 5.82 Å². The van der Waals surface area contributed by atoms with E-state index in [1.165, 1.54) is 12.1 Å². The highest BCUT2D eigenvalue weighted by Crippen LogP contribution is 2.25. The van der Waals surface area contributed by atoms with E-state index in [9.17, 15) is 9.18 Å². The topological polar surface area (TPSA) is 37.3 Å². The number of aliphatic carboxylic acids is 1. The molecular weight excluding hydrogens is 275 g/mol. The van der Waals surface area contributed by atoms with Gasteiger partial charge in [-0.05, 0) is 41.5 Å². The zero-order valence-electron chi connectivity index (χ0n) is 10.6. The number of hydrogen-bond acceptors (Lipinski definition) is 2. The molecule has 0 bridgehead atoms. The highest BCUT2D eigenvalue weighted by atomic mass is 32.2. The summed E-state index contributed by atoms with van der Waals surface area (Å²) in [5, 5.41) is 8.67. The van der Waals surface area contributed by atoms with Gasteiger partial charge >= 0.3 is 5.97 Å². The fourth-order valence-electron chi connectivity index (χ4n) is 1.68. The Kier molecular flexibility index (Phi) is 4.96. The molecule has 0 saturated heterocycles. The molecule has 0 heterocycles. The van der Waals surface area contributed by atoms with Gasteiger partial charge in [0.05, 0.1) is 0 Å². The van der Waals surface area contributed by atoms with E-state index in [2.05, 4.69) is 0 Å². The lowest BCUT2D eigenvalue weighted by Gasteiger charge is -2.06. The van der Waals surface area contributed by atoms with Gasteiger partial charge in [-0.25, -0.2) is 9.18 Å². The number of carboxylic acid groups (broad SMARTS) is 1. The van der Waals surface area contributed by atoms with Crippen LogP contribution in [0.2, 0.25) is 0 Å². The third-order valence-corrected chi connectivity index (χ3v) is 3.73. The fourth-order valence-corrected chi connectivity index (χ4v) is 2.59. The molecule has 0 aromatic heterocycles. The Morgan fingerprint density at radius 3 is 2.55 bits per heavy atom. The third kappa shape index (κ3) is 4.24. The molecule has 1 N–H and O–H groups in total. The molecule has 0 unspecified atom stereocenters. The number of hydrogen-bond donors (Lipinski definition) is 1. The van der Waals surface area contributed by atoms with Crippen molar-refractivity contribution < 1.29 is 14.3 Å². The summed E-state index contributed by atoms with van der Waals surface area (Å²) < 4.78 is 12.8. The molecule has 0 aliphatic heterocycles. The summed E-state index contributed by atoms with van der Waals surface area (Å²) in [6.45, 7) is 0. The second-order valence-electron chi connectivity index (χ2n) is 4.11. The van der Waals surface area contributed by atoms with Crippen molar-refractivity contribution in [1.82, 2.24) is 0 Å². The quantitative estimate of drug-likeness (QED) is 0.661. The van der Waals surface area contributed by atoms with Gasteiger partial charge in [0.25, 0.3) is 0 Å². The summed E-state index contributed by atoms with van der Waals surface area (Å²) >= 11 is 1.58. The zero-order chi connectivity index (χ0) is 14.4. The SMILES string of the molecule is O=C(O)C=Cc1ccccc1CSc1ccc(F)cc1. The normalized spacial score (nSPS) is 10.8. The van der Waals surface area contributed by atoms with Crippen LogP contribution < -0.4 is 0 Å². The van der Waals surface area contributed by atoms with E-state index in [0.29, 0.717) is 5.75 Å². The predicted octanol–water partition coefficient (Wildman–Crippen LogP) is 4.22. The van der Waals surface area contributed by atoms with Crippen LogP contribution >= 0.6 is 11.8 Å². The zero-order valence-corrected chi connectivity index (χ0v) is 11.4. The predicted molar refractivity (Wildman–Crippen MR) is 79.1 cm³/mol. The van der Waals surface area contributed by atoms with E-state index in [1.54, 1.807) is 30.0 Å². The van der Waals surface area contributed by atoms with Gasteiger partial charge in [-0.1, -0.05) is 24.3 Å². The number of rotatable bonds is 5. The highest BCUT2D eigenvalue weighted by molar-refractivity contribution is 7.98. The molecule has 0 aliphatic carbocycles. The maximum atomic E-state index is 12.8. The summed E-state index contributed by atoms with van der Waals surface area (Å²) in [6.07, 6.45) is 2.71. The van der Waals surface area contributed by atoms with Crippen LogP contribution in [0.4, 0.5) is 4.39 Å². The highest BCUT2D eigenvalue weighted by Gasteiger charge is 2.01. The first kappa shape index (κ1) is 14.3. The Morgan fingerprint density at radius 2 is 1.85 bits per heavy atom. The molecule has 2 aromatic rings. The standard InChI is InChI=1S/C16H13FO2S/c17-14-6-8-15(9-7-14)20-11-13-4-2-1-3-12(13)5-10-16(18)19/h1-10H,11H2,(H,18,19). The first-order chi connectivity index (χ1) is 9.65. The maximum Gasteiger partial charge on any atom is 0.328 e. The van der Waals surface area contributed by atoms with E-state index in [4.69, 9.17) is 5.11 Å². The Hall–Kier alpha value is -2.07. The van der Waals surface area contributed by atoms with Gasteiger partial charge in [0.2, 0.25) is 0 Å².